The minimum Gasteiger partial charge on any atom is -0.494 e. The quantitative estimate of drug-likeness (QED) is 0.597. The first-order chi connectivity index (χ1) is 13.7. The molecule has 1 aromatic heterocycles. The monoisotopic (exact) mass is 396 g/mol. The Labute approximate surface area is 168 Å². The molecule has 1 aliphatic rings. The first-order valence-corrected chi connectivity index (χ1v) is 10.4. The van der Waals surface area contributed by atoms with Gasteiger partial charge in [0.25, 0.3) is 0 Å². The number of fused-ring (bicyclic) bond motifs is 1. The number of amides is 1. The number of rotatable bonds is 6. The normalized spacial score (nSPS) is 14.5. The molecule has 7 heteroatoms. The number of piperazine rings is 1. The van der Waals surface area contributed by atoms with E-state index in [0.717, 1.165) is 48.5 Å². The number of aromatic nitrogens is 2. The van der Waals surface area contributed by atoms with Gasteiger partial charge < -0.3 is 14.5 Å². The van der Waals surface area contributed by atoms with Gasteiger partial charge in [0.05, 0.1) is 6.61 Å². The number of benzene rings is 2. The second-order valence-electron chi connectivity index (χ2n) is 6.93. The third-order valence-corrected chi connectivity index (χ3v) is 5.84. The molecule has 0 radical (unpaired) electrons. The molecular weight excluding hydrogens is 372 g/mol. The molecule has 28 heavy (non-hydrogen) atoms. The van der Waals surface area contributed by atoms with Crippen molar-refractivity contribution in [3.05, 3.63) is 47.5 Å². The average Bonchev–Trinajstić information content (AvgIpc) is 3.17. The van der Waals surface area contributed by atoms with Crippen LogP contribution in [0, 0.1) is 6.92 Å². The molecule has 6 nitrogen and oxygen atoms in total. The molecule has 3 aromatic rings. The fraction of sp³-hybridized carbons (Fsp3) is 0.381. The van der Waals surface area contributed by atoms with Crippen LogP contribution in [-0.4, -0.2) is 53.8 Å². The van der Waals surface area contributed by atoms with Gasteiger partial charge in [-0.1, -0.05) is 41.7 Å². The zero-order valence-electron chi connectivity index (χ0n) is 16.0. The van der Waals surface area contributed by atoms with E-state index in [9.17, 15) is 4.79 Å². The second kappa shape index (κ2) is 8.56. The van der Waals surface area contributed by atoms with Gasteiger partial charge >= 0.3 is 0 Å². The fourth-order valence-corrected chi connectivity index (χ4v) is 4.13. The number of carbonyl (C=O) groups is 1. The molecular formula is C21H24N4O2S. The van der Waals surface area contributed by atoms with Gasteiger partial charge in [-0.25, -0.2) is 0 Å². The lowest BCUT2D eigenvalue weighted by molar-refractivity contribution is -0.131. The van der Waals surface area contributed by atoms with Crippen LogP contribution in [0.3, 0.4) is 0 Å². The predicted molar refractivity (Wildman–Crippen MR) is 112 cm³/mol. The van der Waals surface area contributed by atoms with Crippen molar-refractivity contribution >= 4 is 33.1 Å². The molecule has 1 fully saturated rings. The van der Waals surface area contributed by atoms with Crippen LogP contribution in [0.5, 0.6) is 5.75 Å². The molecule has 2 aromatic carbocycles. The Morgan fingerprint density at radius 3 is 2.61 bits per heavy atom. The number of nitrogens with zero attached hydrogens (tertiary/aromatic N) is 4. The van der Waals surface area contributed by atoms with Crippen molar-refractivity contribution in [1.82, 2.24) is 15.1 Å². The van der Waals surface area contributed by atoms with E-state index in [4.69, 9.17) is 4.74 Å². The van der Waals surface area contributed by atoms with Crippen LogP contribution >= 0.6 is 11.3 Å². The summed E-state index contributed by atoms with van der Waals surface area (Å²) in [4.78, 5) is 16.6. The van der Waals surface area contributed by atoms with Gasteiger partial charge in [-0.15, -0.1) is 10.2 Å². The molecule has 146 valence electrons. The van der Waals surface area contributed by atoms with E-state index in [2.05, 4.69) is 33.3 Å². The third-order valence-electron chi connectivity index (χ3n) is 4.94. The van der Waals surface area contributed by atoms with Crippen LogP contribution in [-0.2, 0) is 4.79 Å². The molecule has 0 aliphatic carbocycles. The topological polar surface area (TPSA) is 58.6 Å². The number of aryl methyl sites for hydroxylation is 1. The lowest BCUT2D eigenvalue weighted by atomic mass is 10.1. The SMILES string of the molecule is Cc1nnc(N2CCN(C(=O)CCCOc3ccc4ccccc4c3)CC2)s1. The van der Waals surface area contributed by atoms with E-state index >= 15 is 0 Å². The zero-order valence-corrected chi connectivity index (χ0v) is 16.8. The Bertz CT molecular complexity index is 950. The van der Waals surface area contributed by atoms with Crippen molar-refractivity contribution in [3.8, 4) is 5.75 Å². The van der Waals surface area contributed by atoms with Gasteiger partial charge in [0.15, 0.2) is 0 Å². The van der Waals surface area contributed by atoms with Crippen LogP contribution in [0.4, 0.5) is 5.13 Å². The molecule has 0 atom stereocenters. The van der Waals surface area contributed by atoms with Crippen molar-refractivity contribution in [2.75, 3.05) is 37.7 Å². The number of carbonyl (C=O) groups excluding carboxylic acids is 1. The lowest BCUT2D eigenvalue weighted by Crippen LogP contribution is -2.48. The summed E-state index contributed by atoms with van der Waals surface area (Å²) < 4.78 is 5.84. The molecule has 1 saturated heterocycles. The van der Waals surface area contributed by atoms with Gasteiger partial charge in [-0.2, -0.15) is 0 Å². The van der Waals surface area contributed by atoms with E-state index in [1.54, 1.807) is 11.3 Å². The van der Waals surface area contributed by atoms with Gasteiger partial charge in [0, 0.05) is 32.6 Å². The first-order valence-electron chi connectivity index (χ1n) is 9.63. The number of hydrogen-bond acceptors (Lipinski definition) is 6. The maximum Gasteiger partial charge on any atom is 0.222 e. The van der Waals surface area contributed by atoms with Crippen molar-refractivity contribution in [2.24, 2.45) is 0 Å². The van der Waals surface area contributed by atoms with E-state index in [1.165, 1.54) is 10.8 Å². The van der Waals surface area contributed by atoms with Crippen molar-refractivity contribution in [2.45, 2.75) is 19.8 Å². The Morgan fingerprint density at radius 2 is 1.86 bits per heavy atom. The van der Waals surface area contributed by atoms with Crippen LogP contribution in [0.2, 0.25) is 0 Å². The summed E-state index contributed by atoms with van der Waals surface area (Å²) in [5, 5.41) is 12.6. The largest absolute Gasteiger partial charge is 0.494 e. The minimum absolute atomic E-state index is 0.204. The molecule has 0 unspecified atom stereocenters. The lowest BCUT2D eigenvalue weighted by Gasteiger charge is -2.34. The molecule has 0 saturated carbocycles. The number of hydrogen-bond donors (Lipinski definition) is 0. The molecule has 0 bridgehead atoms. The fourth-order valence-electron chi connectivity index (χ4n) is 3.39. The first kappa shape index (κ1) is 18.7. The van der Waals surface area contributed by atoms with E-state index in [1.807, 2.05) is 36.1 Å². The van der Waals surface area contributed by atoms with Crippen molar-refractivity contribution in [3.63, 3.8) is 0 Å². The standard InChI is InChI=1S/C21H24N4O2S/c1-16-22-23-21(28-16)25-12-10-24(11-13-25)20(26)7-4-14-27-19-9-8-17-5-2-3-6-18(17)15-19/h2-3,5-6,8-9,15H,4,7,10-14H2,1H3. The summed E-state index contributed by atoms with van der Waals surface area (Å²) in [6.45, 7) is 5.61. The molecule has 0 spiro atoms. The van der Waals surface area contributed by atoms with Crippen LogP contribution in [0.25, 0.3) is 10.8 Å². The third kappa shape index (κ3) is 4.42. The highest BCUT2D eigenvalue weighted by atomic mass is 32.1. The maximum atomic E-state index is 12.5. The number of anilines is 1. The zero-order chi connectivity index (χ0) is 19.3. The highest BCUT2D eigenvalue weighted by Gasteiger charge is 2.22. The Kier molecular flexibility index (Phi) is 5.71. The Morgan fingerprint density at radius 1 is 1.07 bits per heavy atom. The van der Waals surface area contributed by atoms with Crippen molar-refractivity contribution in [1.29, 1.82) is 0 Å². The predicted octanol–water partition coefficient (Wildman–Crippen LogP) is 3.51. The average molecular weight is 397 g/mol. The van der Waals surface area contributed by atoms with Gasteiger partial charge in [-0.05, 0) is 36.2 Å². The van der Waals surface area contributed by atoms with Crippen LogP contribution < -0.4 is 9.64 Å². The summed E-state index contributed by atoms with van der Waals surface area (Å²) in [6, 6.07) is 14.3. The molecule has 4 rings (SSSR count). The van der Waals surface area contributed by atoms with Crippen molar-refractivity contribution < 1.29 is 9.53 Å². The summed E-state index contributed by atoms with van der Waals surface area (Å²) in [5.41, 5.74) is 0. The smallest absolute Gasteiger partial charge is 0.222 e. The van der Waals surface area contributed by atoms with Gasteiger partial charge in [0.1, 0.15) is 10.8 Å². The summed E-state index contributed by atoms with van der Waals surface area (Å²) >= 11 is 1.60. The van der Waals surface area contributed by atoms with Gasteiger partial charge in [-0.3, -0.25) is 4.79 Å². The highest BCUT2D eigenvalue weighted by molar-refractivity contribution is 7.15. The Balaban J connectivity index is 1.19. The Hall–Kier alpha value is -2.67. The molecule has 1 aliphatic heterocycles. The van der Waals surface area contributed by atoms with E-state index < -0.39 is 0 Å². The molecule has 0 N–H and O–H groups in total. The maximum absolute atomic E-state index is 12.5. The summed E-state index contributed by atoms with van der Waals surface area (Å²) in [5.74, 6) is 1.06. The number of ether oxygens (including phenoxy) is 1. The van der Waals surface area contributed by atoms with E-state index in [0.29, 0.717) is 13.0 Å². The molecule has 2 heterocycles. The van der Waals surface area contributed by atoms with Crippen LogP contribution in [0.15, 0.2) is 42.5 Å². The summed E-state index contributed by atoms with van der Waals surface area (Å²) in [6.07, 6.45) is 1.24. The minimum atomic E-state index is 0.204. The second-order valence-corrected chi connectivity index (χ2v) is 8.09. The van der Waals surface area contributed by atoms with Crippen LogP contribution in [0.1, 0.15) is 17.8 Å². The highest BCUT2D eigenvalue weighted by Crippen LogP contribution is 2.22. The van der Waals surface area contributed by atoms with Gasteiger partial charge in [0.2, 0.25) is 11.0 Å². The summed E-state index contributed by atoms with van der Waals surface area (Å²) in [7, 11) is 0. The van der Waals surface area contributed by atoms with E-state index in [-0.39, 0.29) is 5.91 Å². The molecule has 1 amide bonds.